The number of hydrogen-bond acceptors (Lipinski definition) is 4. The fraction of sp³-hybridized carbons (Fsp3) is 0.933. The minimum absolute atomic E-state index is 0.407. The van der Waals surface area contributed by atoms with Crippen molar-refractivity contribution >= 4 is 0 Å². The molecule has 1 aliphatic rings. The predicted octanol–water partition coefficient (Wildman–Crippen LogP) is 1.81. The predicted molar refractivity (Wildman–Crippen MR) is 79.8 cm³/mol. The first-order valence-electron chi connectivity index (χ1n) is 7.37. The zero-order valence-electron chi connectivity index (χ0n) is 13.1. The smallest absolute Gasteiger partial charge is 0.101 e. The lowest BCUT2D eigenvalue weighted by molar-refractivity contribution is 0.0274. The van der Waals surface area contributed by atoms with Crippen molar-refractivity contribution in [1.82, 2.24) is 9.80 Å². The van der Waals surface area contributed by atoms with Gasteiger partial charge in [0.05, 0.1) is 6.07 Å². The molecule has 0 aromatic heterocycles. The second-order valence-electron chi connectivity index (χ2n) is 6.70. The standard InChI is InChI=1S/C15H30N4/c1-14(17,12-16)8-5-6-11-19(4)13-15(18(2)3)9-7-10-15/h5-11,13,17H2,1-4H3. The van der Waals surface area contributed by atoms with Gasteiger partial charge in [-0.05, 0) is 73.1 Å². The Morgan fingerprint density at radius 1 is 1.26 bits per heavy atom. The molecule has 4 nitrogen and oxygen atoms in total. The third-order valence-corrected chi connectivity index (χ3v) is 4.54. The fourth-order valence-corrected chi connectivity index (χ4v) is 2.84. The van der Waals surface area contributed by atoms with E-state index >= 15 is 0 Å². The molecule has 0 amide bonds. The molecule has 19 heavy (non-hydrogen) atoms. The van der Waals surface area contributed by atoms with Crippen LogP contribution in [0.3, 0.4) is 0 Å². The summed E-state index contributed by atoms with van der Waals surface area (Å²) in [5.74, 6) is 0. The molecule has 0 aromatic rings. The van der Waals surface area contributed by atoms with Gasteiger partial charge in [-0.1, -0.05) is 0 Å². The molecule has 110 valence electrons. The topological polar surface area (TPSA) is 56.3 Å². The van der Waals surface area contributed by atoms with Crippen molar-refractivity contribution in [3.05, 3.63) is 0 Å². The monoisotopic (exact) mass is 266 g/mol. The SMILES string of the molecule is CN(CCCCC(C)(N)C#N)CC1(N(C)C)CCC1. The lowest BCUT2D eigenvalue weighted by Crippen LogP contribution is -2.56. The lowest BCUT2D eigenvalue weighted by Gasteiger charge is -2.49. The Kier molecular flexibility index (Phi) is 5.79. The van der Waals surface area contributed by atoms with Gasteiger partial charge in [-0.3, -0.25) is 0 Å². The van der Waals surface area contributed by atoms with Crippen LogP contribution < -0.4 is 5.73 Å². The first-order chi connectivity index (χ1) is 8.81. The average molecular weight is 266 g/mol. The summed E-state index contributed by atoms with van der Waals surface area (Å²) in [5.41, 5.74) is 5.57. The summed E-state index contributed by atoms with van der Waals surface area (Å²) < 4.78 is 0. The van der Waals surface area contributed by atoms with Crippen molar-refractivity contribution in [2.75, 3.05) is 34.2 Å². The molecular formula is C15H30N4. The molecule has 0 spiro atoms. The molecule has 1 atom stereocenters. The molecule has 0 heterocycles. The number of unbranched alkanes of at least 4 members (excludes halogenated alkanes) is 1. The van der Waals surface area contributed by atoms with Crippen LogP contribution in [0.25, 0.3) is 0 Å². The van der Waals surface area contributed by atoms with E-state index in [-0.39, 0.29) is 0 Å². The van der Waals surface area contributed by atoms with Crippen LogP contribution in [-0.2, 0) is 0 Å². The van der Waals surface area contributed by atoms with Crippen LogP contribution in [0.15, 0.2) is 0 Å². The zero-order valence-corrected chi connectivity index (χ0v) is 13.1. The van der Waals surface area contributed by atoms with Gasteiger partial charge in [0.1, 0.15) is 5.54 Å². The summed E-state index contributed by atoms with van der Waals surface area (Å²) in [6.07, 6.45) is 6.93. The Morgan fingerprint density at radius 2 is 1.89 bits per heavy atom. The molecular weight excluding hydrogens is 236 g/mol. The molecule has 4 heteroatoms. The third-order valence-electron chi connectivity index (χ3n) is 4.54. The molecule has 0 bridgehead atoms. The van der Waals surface area contributed by atoms with Gasteiger partial charge in [0, 0.05) is 12.1 Å². The summed E-state index contributed by atoms with van der Waals surface area (Å²) in [4.78, 5) is 4.82. The van der Waals surface area contributed by atoms with Crippen LogP contribution in [-0.4, -0.2) is 55.1 Å². The normalized spacial score (nSPS) is 20.9. The second-order valence-corrected chi connectivity index (χ2v) is 6.70. The van der Waals surface area contributed by atoms with E-state index in [1.54, 1.807) is 0 Å². The van der Waals surface area contributed by atoms with Gasteiger partial charge in [-0.25, -0.2) is 0 Å². The number of nitriles is 1. The number of nitrogens with two attached hydrogens (primary N) is 1. The van der Waals surface area contributed by atoms with Gasteiger partial charge in [-0.2, -0.15) is 5.26 Å². The molecule has 0 radical (unpaired) electrons. The Labute approximate surface area is 118 Å². The molecule has 1 unspecified atom stereocenters. The van der Waals surface area contributed by atoms with E-state index in [4.69, 9.17) is 11.0 Å². The van der Waals surface area contributed by atoms with Gasteiger partial charge in [-0.15, -0.1) is 0 Å². The van der Waals surface area contributed by atoms with Crippen molar-refractivity contribution in [2.24, 2.45) is 5.73 Å². The Morgan fingerprint density at radius 3 is 2.32 bits per heavy atom. The summed E-state index contributed by atoms with van der Waals surface area (Å²) in [6, 6.07) is 2.16. The summed E-state index contributed by atoms with van der Waals surface area (Å²) in [7, 11) is 6.59. The van der Waals surface area contributed by atoms with E-state index in [1.807, 2.05) is 6.92 Å². The highest BCUT2D eigenvalue weighted by Crippen LogP contribution is 2.36. The quantitative estimate of drug-likeness (QED) is 0.681. The summed E-state index contributed by atoms with van der Waals surface area (Å²) >= 11 is 0. The highest BCUT2D eigenvalue weighted by molar-refractivity contribution is 5.00. The second kappa shape index (κ2) is 6.69. The van der Waals surface area contributed by atoms with E-state index < -0.39 is 5.54 Å². The van der Waals surface area contributed by atoms with Gasteiger partial charge < -0.3 is 15.5 Å². The van der Waals surface area contributed by atoms with E-state index in [9.17, 15) is 0 Å². The molecule has 0 aliphatic heterocycles. The number of likely N-dealkylation sites (N-methyl/N-ethyl adjacent to an activating group) is 2. The molecule has 1 rings (SSSR count). The van der Waals surface area contributed by atoms with Gasteiger partial charge in [0.25, 0.3) is 0 Å². The van der Waals surface area contributed by atoms with Crippen molar-refractivity contribution in [3.8, 4) is 6.07 Å². The van der Waals surface area contributed by atoms with Crippen molar-refractivity contribution in [2.45, 2.75) is 56.5 Å². The fourth-order valence-electron chi connectivity index (χ4n) is 2.84. The first kappa shape index (κ1) is 16.4. The van der Waals surface area contributed by atoms with Crippen LogP contribution in [0.2, 0.25) is 0 Å². The Bertz CT molecular complexity index is 313. The number of rotatable bonds is 8. The molecule has 2 N–H and O–H groups in total. The first-order valence-corrected chi connectivity index (χ1v) is 7.37. The van der Waals surface area contributed by atoms with Gasteiger partial charge in [0.15, 0.2) is 0 Å². The van der Waals surface area contributed by atoms with Crippen molar-refractivity contribution < 1.29 is 0 Å². The maximum absolute atomic E-state index is 8.87. The van der Waals surface area contributed by atoms with Crippen LogP contribution >= 0.6 is 0 Å². The van der Waals surface area contributed by atoms with Gasteiger partial charge in [0.2, 0.25) is 0 Å². The molecule has 0 aromatic carbocycles. The molecule has 1 saturated carbocycles. The molecule has 0 saturated heterocycles. The third kappa shape index (κ3) is 4.76. The summed E-state index contributed by atoms with van der Waals surface area (Å²) in [6.45, 7) is 4.06. The van der Waals surface area contributed by atoms with Gasteiger partial charge >= 0.3 is 0 Å². The Balaban J connectivity index is 2.22. The average Bonchev–Trinajstić information content (AvgIpc) is 2.29. The maximum atomic E-state index is 8.87. The van der Waals surface area contributed by atoms with E-state index in [1.165, 1.54) is 19.3 Å². The number of hydrogen-bond donors (Lipinski definition) is 1. The lowest BCUT2D eigenvalue weighted by atomic mass is 9.75. The van der Waals surface area contributed by atoms with Crippen molar-refractivity contribution in [1.29, 1.82) is 5.26 Å². The maximum Gasteiger partial charge on any atom is 0.101 e. The van der Waals surface area contributed by atoms with E-state index in [0.717, 1.165) is 32.4 Å². The van der Waals surface area contributed by atoms with Crippen molar-refractivity contribution in [3.63, 3.8) is 0 Å². The van der Waals surface area contributed by atoms with Crippen LogP contribution in [0, 0.1) is 11.3 Å². The zero-order chi connectivity index (χ0) is 14.5. The highest BCUT2D eigenvalue weighted by Gasteiger charge is 2.39. The molecule has 1 aliphatic carbocycles. The number of nitrogens with zero attached hydrogens (tertiary/aromatic N) is 3. The van der Waals surface area contributed by atoms with Crippen LogP contribution in [0.4, 0.5) is 0 Å². The minimum Gasteiger partial charge on any atom is -0.314 e. The largest absolute Gasteiger partial charge is 0.314 e. The Hall–Kier alpha value is -0.630. The summed E-state index contributed by atoms with van der Waals surface area (Å²) in [5, 5.41) is 8.87. The van der Waals surface area contributed by atoms with E-state index in [0.29, 0.717) is 5.54 Å². The minimum atomic E-state index is -0.655. The van der Waals surface area contributed by atoms with Crippen LogP contribution in [0.1, 0.15) is 45.4 Å². The van der Waals surface area contributed by atoms with E-state index in [2.05, 4.69) is 37.0 Å². The van der Waals surface area contributed by atoms with Crippen LogP contribution in [0.5, 0.6) is 0 Å². The highest BCUT2D eigenvalue weighted by atomic mass is 15.2. The molecule has 1 fully saturated rings.